The van der Waals surface area contributed by atoms with Crippen molar-refractivity contribution in [2.45, 2.75) is 6.10 Å². The first-order valence-electron chi connectivity index (χ1n) is 6.24. The minimum Gasteiger partial charge on any atom is -0.382 e. The summed E-state index contributed by atoms with van der Waals surface area (Å²) >= 11 is 3.36. The van der Waals surface area contributed by atoms with Crippen LogP contribution in [-0.2, 0) is 0 Å². The fourth-order valence-corrected chi connectivity index (χ4v) is 2.69. The summed E-state index contributed by atoms with van der Waals surface area (Å²) in [5.41, 5.74) is 1.33. The lowest BCUT2D eigenvalue weighted by Gasteiger charge is -2.13. The molecule has 21 heavy (non-hydrogen) atoms. The van der Waals surface area contributed by atoms with Crippen LogP contribution in [0.4, 0.5) is 8.78 Å². The number of aliphatic hydroxyl groups excluding tert-OH is 1. The first kappa shape index (κ1) is 14.1. The topological polar surface area (TPSA) is 33.1 Å². The molecule has 3 aromatic rings. The molecule has 1 atom stereocenters. The number of nitrogens with zero attached hydrogens (tertiary/aromatic N) is 1. The summed E-state index contributed by atoms with van der Waals surface area (Å²) in [5, 5.41) is 11.3. The summed E-state index contributed by atoms with van der Waals surface area (Å²) in [4.78, 5) is 4.39. The molecule has 0 fully saturated rings. The van der Waals surface area contributed by atoms with Crippen molar-refractivity contribution in [3.63, 3.8) is 0 Å². The summed E-state index contributed by atoms with van der Waals surface area (Å²) in [6.07, 6.45) is -1.14. The summed E-state index contributed by atoms with van der Waals surface area (Å²) in [6, 6.07) is 12.6. The van der Waals surface area contributed by atoms with Gasteiger partial charge in [-0.15, -0.1) is 0 Å². The molecule has 2 aromatic carbocycles. The zero-order valence-corrected chi connectivity index (χ0v) is 12.3. The third-order valence-electron chi connectivity index (χ3n) is 3.22. The fourth-order valence-electron chi connectivity index (χ4n) is 2.14. The lowest BCUT2D eigenvalue weighted by molar-refractivity contribution is 0.214. The molecule has 0 saturated heterocycles. The average molecular weight is 350 g/mol. The van der Waals surface area contributed by atoms with Crippen LogP contribution in [0, 0.1) is 11.6 Å². The van der Waals surface area contributed by atoms with Crippen LogP contribution < -0.4 is 0 Å². The lowest BCUT2D eigenvalue weighted by atomic mass is 10.0. The van der Waals surface area contributed by atoms with Gasteiger partial charge in [-0.2, -0.15) is 0 Å². The molecule has 5 heteroatoms. The summed E-state index contributed by atoms with van der Waals surface area (Å²) in [7, 11) is 0. The van der Waals surface area contributed by atoms with Crippen LogP contribution in [0.3, 0.4) is 0 Å². The van der Waals surface area contributed by atoms with Gasteiger partial charge in [0.2, 0.25) is 0 Å². The highest BCUT2D eigenvalue weighted by Gasteiger charge is 2.18. The molecular formula is C16H10BrF2NO. The maximum absolute atomic E-state index is 13.3. The number of fused-ring (bicyclic) bond motifs is 1. The molecule has 3 rings (SSSR count). The van der Waals surface area contributed by atoms with Crippen LogP contribution in [-0.4, -0.2) is 10.1 Å². The number of halogens is 3. The fraction of sp³-hybridized carbons (Fsp3) is 0.0625. The third kappa shape index (κ3) is 2.66. The van der Waals surface area contributed by atoms with Crippen molar-refractivity contribution in [1.29, 1.82) is 0 Å². The van der Waals surface area contributed by atoms with E-state index < -0.39 is 17.7 Å². The van der Waals surface area contributed by atoms with Gasteiger partial charge in [-0.05, 0) is 45.8 Å². The Bertz CT molecular complexity index is 822. The van der Waals surface area contributed by atoms with Gasteiger partial charge in [0.1, 0.15) is 6.10 Å². The Morgan fingerprint density at radius 2 is 1.76 bits per heavy atom. The zero-order valence-electron chi connectivity index (χ0n) is 10.7. The van der Waals surface area contributed by atoms with Gasteiger partial charge in [-0.1, -0.05) is 24.3 Å². The van der Waals surface area contributed by atoms with Crippen LogP contribution in [0.15, 0.2) is 53.0 Å². The van der Waals surface area contributed by atoms with Gasteiger partial charge in [-0.25, -0.2) is 13.8 Å². The first-order valence-corrected chi connectivity index (χ1v) is 7.04. The number of rotatable bonds is 2. The van der Waals surface area contributed by atoms with Crippen LogP contribution in [0.1, 0.15) is 17.4 Å². The largest absolute Gasteiger partial charge is 0.382 e. The van der Waals surface area contributed by atoms with Gasteiger partial charge in [0.15, 0.2) is 11.6 Å². The van der Waals surface area contributed by atoms with E-state index in [1.54, 1.807) is 0 Å². The average Bonchev–Trinajstić information content (AvgIpc) is 2.48. The predicted octanol–water partition coefficient (Wildman–Crippen LogP) is 4.36. The zero-order chi connectivity index (χ0) is 15.0. The van der Waals surface area contributed by atoms with Crippen LogP contribution in [0.2, 0.25) is 0 Å². The molecule has 2 nitrogen and oxygen atoms in total. The molecular weight excluding hydrogens is 340 g/mol. The van der Waals surface area contributed by atoms with E-state index in [2.05, 4.69) is 20.9 Å². The Morgan fingerprint density at radius 1 is 1.00 bits per heavy atom. The highest BCUT2D eigenvalue weighted by atomic mass is 79.9. The van der Waals surface area contributed by atoms with Gasteiger partial charge < -0.3 is 5.11 Å². The van der Waals surface area contributed by atoms with E-state index in [9.17, 15) is 13.9 Å². The highest BCUT2D eigenvalue weighted by Crippen LogP contribution is 2.30. The van der Waals surface area contributed by atoms with E-state index in [4.69, 9.17) is 0 Å². The number of hydrogen-bond donors (Lipinski definition) is 1. The molecule has 0 saturated carbocycles. The van der Waals surface area contributed by atoms with E-state index in [1.165, 1.54) is 6.07 Å². The summed E-state index contributed by atoms with van der Waals surface area (Å²) < 4.78 is 26.9. The molecule has 1 unspecified atom stereocenters. The highest BCUT2D eigenvalue weighted by molar-refractivity contribution is 9.10. The molecule has 0 amide bonds. The Balaban J connectivity index is 2.10. The minimum atomic E-state index is -1.14. The molecule has 1 N–H and O–H groups in total. The monoisotopic (exact) mass is 349 g/mol. The van der Waals surface area contributed by atoms with Crippen molar-refractivity contribution in [3.8, 4) is 0 Å². The number of hydrogen-bond acceptors (Lipinski definition) is 2. The SMILES string of the molecule is OC(c1ccc(F)c(F)c1)c1nc2ccccc2cc1Br. The smallest absolute Gasteiger partial charge is 0.159 e. The van der Waals surface area contributed by atoms with Crippen molar-refractivity contribution in [1.82, 2.24) is 4.98 Å². The molecule has 0 aliphatic carbocycles. The van der Waals surface area contributed by atoms with Crippen LogP contribution in [0.5, 0.6) is 0 Å². The van der Waals surface area contributed by atoms with Crippen molar-refractivity contribution in [2.24, 2.45) is 0 Å². The Kier molecular flexibility index (Phi) is 3.69. The summed E-state index contributed by atoms with van der Waals surface area (Å²) in [5.74, 6) is -1.94. The molecule has 1 aromatic heterocycles. The van der Waals surface area contributed by atoms with E-state index in [0.29, 0.717) is 10.2 Å². The number of aliphatic hydroxyl groups is 1. The molecule has 0 aliphatic heterocycles. The maximum atomic E-state index is 13.3. The number of pyridine rings is 1. The molecule has 0 bridgehead atoms. The van der Waals surface area contributed by atoms with Crippen molar-refractivity contribution >= 4 is 26.8 Å². The van der Waals surface area contributed by atoms with E-state index in [1.807, 2.05) is 30.3 Å². The van der Waals surface area contributed by atoms with E-state index >= 15 is 0 Å². The minimum absolute atomic E-state index is 0.248. The lowest BCUT2D eigenvalue weighted by Crippen LogP contribution is -2.05. The standard InChI is InChI=1S/C16H10BrF2NO/c17-11-7-9-3-1-2-4-14(9)20-15(11)16(21)10-5-6-12(18)13(19)8-10/h1-8,16,21H. The Morgan fingerprint density at radius 3 is 2.52 bits per heavy atom. The van der Waals surface area contributed by atoms with E-state index in [0.717, 1.165) is 23.0 Å². The van der Waals surface area contributed by atoms with E-state index in [-0.39, 0.29) is 5.56 Å². The van der Waals surface area contributed by atoms with Crippen LogP contribution >= 0.6 is 15.9 Å². The second-order valence-corrected chi connectivity index (χ2v) is 5.48. The number of aromatic nitrogens is 1. The van der Waals surface area contributed by atoms with Gasteiger partial charge in [-0.3, -0.25) is 0 Å². The maximum Gasteiger partial charge on any atom is 0.159 e. The predicted molar refractivity (Wildman–Crippen MR) is 79.9 cm³/mol. The number of para-hydroxylation sites is 1. The van der Waals surface area contributed by atoms with Crippen molar-refractivity contribution in [2.75, 3.05) is 0 Å². The van der Waals surface area contributed by atoms with Gasteiger partial charge in [0.25, 0.3) is 0 Å². The number of benzene rings is 2. The molecule has 0 radical (unpaired) electrons. The van der Waals surface area contributed by atoms with Gasteiger partial charge in [0.05, 0.1) is 11.2 Å². The molecule has 1 heterocycles. The van der Waals surface area contributed by atoms with Gasteiger partial charge in [0, 0.05) is 9.86 Å². The summed E-state index contributed by atoms with van der Waals surface area (Å²) in [6.45, 7) is 0. The van der Waals surface area contributed by atoms with Crippen molar-refractivity contribution < 1.29 is 13.9 Å². The second kappa shape index (κ2) is 5.50. The molecule has 106 valence electrons. The molecule has 0 spiro atoms. The normalized spacial score (nSPS) is 12.6. The second-order valence-electron chi connectivity index (χ2n) is 4.62. The Labute approximate surface area is 128 Å². The van der Waals surface area contributed by atoms with Crippen LogP contribution in [0.25, 0.3) is 10.9 Å². The van der Waals surface area contributed by atoms with Gasteiger partial charge >= 0.3 is 0 Å². The molecule has 0 aliphatic rings. The first-order chi connectivity index (χ1) is 10.1. The van der Waals surface area contributed by atoms with Crippen molar-refractivity contribution in [3.05, 3.63) is 75.9 Å². The Hall–Kier alpha value is -1.85. The third-order valence-corrected chi connectivity index (χ3v) is 3.86. The quantitative estimate of drug-likeness (QED) is 0.745.